The van der Waals surface area contributed by atoms with Crippen LogP contribution < -0.4 is 5.32 Å². The molecule has 2 aliphatic rings. The second kappa shape index (κ2) is 5.80. The van der Waals surface area contributed by atoms with Gasteiger partial charge < -0.3 is 15.3 Å². The average Bonchev–Trinajstić information content (AvgIpc) is 2.91. The molecule has 2 saturated heterocycles. The quantitative estimate of drug-likeness (QED) is 0.750. The third-order valence-electron chi connectivity index (χ3n) is 4.32. The van der Waals surface area contributed by atoms with Crippen LogP contribution in [0.25, 0.3) is 0 Å². The molecule has 0 aromatic carbocycles. The lowest BCUT2D eigenvalue weighted by molar-refractivity contribution is -0.142. The van der Waals surface area contributed by atoms with Crippen LogP contribution in [0.2, 0.25) is 0 Å². The number of fused-ring (bicyclic) bond motifs is 2. The molecule has 108 valence electrons. The SMILES string of the molecule is CC(C)CCCNC(=O)N1C2CCC1C(C(=O)O)C2. The fraction of sp³-hybridized carbons (Fsp3) is 0.857. The molecule has 2 fully saturated rings. The number of hydrogen-bond acceptors (Lipinski definition) is 2. The number of carbonyl (C=O) groups is 2. The standard InChI is InChI=1S/C14H24N2O3/c1-9(2)4-3-7-15-14(19)16-10-5-6-12(16)11(8-10)13(17)18/h9-12H,3-8H2,1-2H3,(H,15,19)(H,17,18). The highest BCUT2D eigenvalue weighted by Gasteiger charge is 2.51. The number of nitrogens with zero attached hydrogens (tertiary/aromatic N) is 1. The predicted molar refractivity (Wildman–Crippen MR) is 71.9 cm³/mol. The zero-order chi connectivity index (χ0) is 14.0. The summed E-state index contributed by atoms with van der Waals surface area (Å²) in [6.07, 6.45) is 4.49. The van der Waals surface area contributed by atoms with Crippen LogP contribution in [0.5, 0.6) is 0 Å². The summed E-state index contributed by atoms with van der Waals surface area (Å²) < 4.78 is 0. The van der Waals surface area contributed by atoms with Crippen molar-refractivity contribution in [2.75, 3.05) is 6.54 Å². The Kier molecular flexibility index (Phi) is 4.32. The van der Waals surface area contributed by atoms with Gasteiger partial charge in [0.15, 0.2) is 0 Å². The van der Waals surface area contributed by atoms with Crippen molar-refractivity contribution < 1.29 is 14.7 Å². The fourth-order valence-corrected chi connectivity index (χ4v) is 3.37. The number of rotatable bonds is 5. The second-order valence-electron chi connectivity index (χ2n) is 6.15. The molecule has 5 nitrogen and oxygen atoms in total. The maximum atomic E-state index is 12.1. The lowest BCUT2D eigenvalue weighted by Crippen LogP contribution is -2.44. The van der Waals surface area contributed by atoms with Gasteiger partial charge in [-0.15, -0.1) is 0 Å². The third-order valence-corrected chi connectivity index (χ3v) is 4.32. The Morgan fingerprint density at radius 2 is 2.11 bits per heavy atom. The number of hydrogen-bond donors (Lipinski definition) is 2. The minimum atomic E-state index is -0.759. The van der Waals surface area contributed by atoms with Gasteiger partial charge in [-0.05, 0) is 38.0 Å². The molecule has 0 aliphatic carbocycles. The zero-order valence-corrected chi connectivity index (χ0v) is 11.8. The van der Waals surface area contributed by atoms with Crippen LogP contribution in [0.4, 0.5) is 4.79 Å². The first-order valence-corrected chi connectivity index (χ1v) is 7.29. The van der Waals surface area contributed by atoms with Gasteiger partial charge in [0.25, 0.3) is 0 Å². The number of urea groups is 1. The average molecular weight is 268 g/mol. The first kappa shape index (κ1) is 14.2. The van der Waals surface area contributed by atoms with E-state index in [2.05, 4.69) is 19.2 Å². The Balaban J connectivity index is 1.82. The molecule has 3 unspecified atom stereocenters. The van der Waals surface area contributed by atoms with E-state index in [1.807, 2.05) is 0 Å². The molecule has 0 aromatic heterocycles. The molecule has 0 spiro atoms. The summed E-state index contributed by atoms with van der Waals surface area (Å²) in [5.74, 6) is -0.471. The lowest BCUT2D eigenvalue weighted by Gasteiger charge is -2.23. The lowest BCUT2D eigenvalue weighted by atomic mass is 9.89. The van der Waals surface area contributed by atoms with Crippen molar-refractivity contribution in [1.29, 1.82) is 0 Å². The summed E-state index contributed by atoms with van der Waals surface area (Å²) in [4.78, 5) is 25.1. The van der Waals surface area contributed by atoms with E-state index in [1.165, 1.54) is 0 Å². The van der Waals surface area contributed by atoms with Crippen LogP contribution in [0.1, 0.15) is 46.0 Å². The fourth-order valence-electron chi connectivity index (χ4n) is 3.37. The van der Waals surface area contributed by atoms with Gasteiger partial charge in [-0.25, -0.2) is 4.79 Å². The molecule has 5 heteroatoms. The van der Waals surface area contributed by atoms with E-state index < -0.39 is 5.97 Å². The van der Waals surface area contributed by atoms with Crippen LogP contribution in [0.3, 0.4) is 0 Å². The molecule has 2 bridgehead atoms. The molecular weight excluding hydrogens is 244 g/mol. The van der Waals surface area contributed by atoms with E-state index in [9.17, 15) is 9.59 Å². The molecule has 0 saturated carbocycles. The van der Waals surface area contributed by atoms with Crippen LogP contribution in [-0.4, -0.2) is 40.6 Å². The van der Waals surface area contributed by atoms with Crippen molar-refractivity contribution in [1.82, 2.24) is 10.2 Å². The van der Waals surface area contributed by atoms with Crippen molar-refractivity contribution in [3.8, 4) is 0 Å². The van der Waals surface area contributed by atoms with E-state index in [1.54, 1.807) is 4.90 Å². The molecule has 2 N–H and O–H groups in total. The first-order valence-electron chi connectivity index (χ1n) is 7.29. The van der Waals surface area contributed by atoms with Crippen LogP contribution in [-0.2, 0) is 4.79 Å². The van der Waals surface area contributed by atoms with Gasteiger partial charge in [0.2, 0.25) is 0 Å². The molecule has 2 rings (SSSR count). The van der Waals surface area contributed by atoms with Crippen LogP contribution in [0, 0.1) is 11.8 Å². The number of carboxylic acids is 1. The molecule has 2 amide bonds. The van der Waals surface area contributed by atoms with Gasteiger partial charge in [-0.3, -0.25) is 4.79 Å². The Labute approximate surface area is 114 Å². The van der Waals surface area contributed by atoms with Crippen molar-refractivity contribution in [3.05, 3.63) is 0 Å². The summed E-state index contributed by atoms with van der Waals surface area (Å²) in [6.45, 7) is 5.02. The Morgan fingerprint density at radius 3 is 2.68 bits per heavy atom. The minimum Gasteiger partial charge on any atom is -0.481 e. The first-order chi connectivity index (χ1) is 9.00. The van der Waals surface area contributed by atoms with Gasteiger partial charge in [-0.1, -0.05) is 13.8 Å². The topological polar surface area (TPSA) is 69.6 Å². The number of carboxylic acid groups (broad SMARTS) is 1. The highest BCUT2D eigenvalue weighted by molar-refractivity contribution is 5.79. The van der Waals surface area contributed by atoms with Crippen molar-refractivity contribution in [2.24, 2.45) is 11.8 Å². The molecule has 2 heterocycles. The number of carbonyl (C=O) groups excluding carboxylic acids is 1. The summed E-state index contributed by atoms with van der Waals surface area (Å²) in [5.41, 5.74) is 0. The molecule has 0 radical (unpaired) electrons. The van der Waals surface area contributed by atoms with Gasteiger partial charge in [0, 0.05) is 18.6 Å². The van der Waals surface area contributed by atoms with E-state index >= 15 is 0 Å². The van der Waals surface area contributed by atoms with Crippen molar-refractivity contribution >= 4 is 12.0 Å². The summed E-state index contributed by atoms with van der Waals surface area (Å²) >= 11 is 0. The van der Waals surface area contributed by atoms with E-state index in [0.29, 0.717) is 18.9 Å². The molecule has 3 atom stereocenters. The van der Waals surface area contributed by atoms with Gasteiger partial charge in [-0.2, -0.15) is 0 Å². The maximum absolute atomic E-state index is 12.1. The smallest absolute Gasteiger partial charge is 0.317 e. The second-order valence-corrected chi connectivity index (χ2v) is 6.15. The van der Waals surface area contributed by atoms with Gasteiger partial charge in [0.05, 0.1) is 5.92 Å². The number of nitrogens with one attached hydrogen (secondary N) is 1. The largest absolute Gasteiger partial charge is 0.481 e. The van der Waals surface area contributed by atoms with Crippen LogP contribution >= 0.6 is 0 Å². The summed E-state index contributed by atoms with van der Waals surface area (Å²) in [7, 11) is 0. The Bertz CT molecular complexity index is 357. The summed E-state index contributed by atoms with van der Waals surface area (Å²) in [6, 6.07) is -0.0243. The highest BCUT2D eigenvalue weighted by Crippen LogP contribution is 2.41. The molecule has 0 aromatic rings. The molecule has 19 heavy (non-hydrogen) atoms. The van der Waals surface area contributed by atoms with E-state index in [-0.39, 0.29) is 24.0 Å². The van der Waals surface area contributed by atoms with E-state index in [4.69, 9.17) is 5.11 Å². The maximum Gasteiger partial charge on any atom is 0.317 e. The van der Waals surface area contributed by atoms with Gasteiger partial charge >= 0.3 is 12.0 Å². The Morgan fingerprint density at radius 1 is 1.37 bits per heavy atom. The predicted octanol–water partition coefficient (Wildman–Crippen LogP) is 2.07. The normalized spacial score (nSPS) is 29.0. The highest BCUT2D eigenvalue weighted by atomic mass is 16.4. The van der Waals surface area contributed by atoms with Crippen molar-refractivity contribution in [3.63, 3.8) is 0 Å². The monoisotopic (exact) mass is 268 g/mol. The number of aliphatic carboxylic acids is 1. The number of amides is 2. The van der Waals surface area contributed by atoms with Crippen molar-refractivity contribution in [2.45, 2.75) is 58.0 Å². The Hall–Kier alpha value is -1.26. The molecular formula is C14H24N2O3. The third kappa shape index (κ3) is 3.01. The zero-order valence-electron chi connectivity index (χ0n) is 11.8. The summed E-state index contributed by atoms with van der Waals surface area (Å²) in [5, 5.41) is 12.1. The molecule has 2 aliphatic heterocycles. The van der Waals surface area contributed by atoms with Crippen LogP contribution in [0.15, 0.2) is 0 Å². The minimum absolute atomic E-state index is 0.0694. The van der Waals surface area contributed by atoms with E-state index in [0.717, 1.165) is 25.7 Å². The van der Waals surface area contributed by atoms with Gasteiger partial charge in [0.1, 0.15) is 0 Å².